The molecule has 0 saturated carbocycles. The molecule has 0 aliphatic rings. The molecule has 1 N–H and O–H groups in total. The van der Waals surface area contributed by atoms with Gasteiger partial charge in [-0.3, -0.25) is 4.98 Å². The van der Waals surface area contributed by atoms with Crippen LogP contribution in [0.1, 0.15) is 23.0 Å². The Balaban J connectivity index is 2.55. The number of aromatic nitrogens is 2. The molecule has 0 amide bonds. The summed E-state index contributed by atoms with van der Waals surface area (Å²) in [6.45, 7) is 1.81. The minimum Gasteiger partial charge on any atom is -0.477 e. The van der Waals surface area contributed by atoms with Gasteiger partial charge in [0.15, 0.2) is 5.76 Å². The summed E-state index contributed by atoms with van der Waals surface area (Å²) in [6.07, 6.45) is 2.06. The summed E-state index contributed by atoms with van der Waals surface area (Å²) in [5.41, 5.74) is 0.832. The van der Waals surface area contributed by atoms with Gasteiger partial charge in [0.1, 0.15) is 11.3 Å². The summed E-state index contributed by atoms with van der Waals surface area (Å²) in [6, 6.07) is 3.46. The van der Waals surface area contributed by atoms with Crippen molar-refractivity contribution in [2.24, 2.45) is 0 Å². The summed E-state index contributed by atoms with van der Waals surface area (Å²) < 4.78 is 5.83. The number of carbonyl (C=O) groups is 1. The van der Waals surface area contributed by atoms with Gasteiger partial charge in [-0.1, -0.05) is 12.1 Å². The van der Waals surface area contributed by atoms with Crippen molar-refractivity contribution in [1.29, 1.82) is 0 Å². The Morgan fingerprint density at radius 2 is 2.29 bits per heavy atom. The number of hydrogen-bond acceptors (Lipinski definition) is 4. The Morgan fingerprint density at radius 3 is 2.82 bits per heavy atom. The first-order valence-corrected chi connectivity index (χ1v) is 5.76. The molecule has 0 unspecified atom stereocenters. The molecule has 2 heterocycles. The van der Waals surface area contributed by atoms with E-state index in [9.17, 15) is 4.79 Å². The number of halogens is 1. The minimum absolute atomic E-state index is 0.0855. The van der Waals surface area contributed by atoms with Crippen LogP contribution in [0.3, 0.4) is 0 Å². The highest BCUT2D eigenvalue weighted by molar-refractivity contribution is 9.10. The predicted octanol–water partition coefficient (Wildman–Crippen LogP) is 2.76. The van der Waals surface area contributed by atoms with Gasteiger partial charge < -0.3 is 9.63 Å². The zero-order chi connectivity index (χ0) is 12.4. The number of nitrogens with zero attached hydrogens (tertiary/aromatic N) is 2. The summed E-state index contributed by atoms with van der Waals surface area (Å²) in [7, 11) is 0. The summed E-state index contributed by atoms with van der Waals surface area (Å²) in [4.78, 5) is 15.3. The van der Waals surface area contributed by atoms with E-state index in [0.717, 1.165) is 4.47 Å². The molecule has 2 aromatic rings. The van der Waals surface area contributed by atoms with Crippen LogP contribution in [0.2, 0.25) is 0 Å². The average Bonchev–Trinajstić information content (AvgIpc) is 2.73. The third-order valence-corrected chi connectivity index (χ3v) is 2.74. The molecule has 5 nitrogen and oxygen atoms in total. The van der Waals surface area contributed by atoms with Crippen LogP contribution in [0.4, 0.5) is 0 Å². The van der Waals surface area contributed by atoms with E-state index >= 15 is 0 Å². The van der Waals surface area contributed by atoms with E-state index < -0.39 is 5.97 Å². The van der Waals surface area contributed by atoms with Gasteiger partial charge in [-0.05, 0) is 28.1 Å². The molecule has 0 saturated heterocycles. The van der Waals surface area contributed by atoms with E-state index in [-0.39, 0.29) is 11.3 Å². The van der Waals surface area contributed by atoms with Crippen molar-refractivity contribution < 1.29 is 14.4 Å². The van der Waals surface area contributed by atoms with Crippen molar-refractivity contribution in [2.75, 3.05) is 0 Å². The van der Waals surface area contributed by atoms with E-state index in [0.29, 0.717) is 17.9 Å². The fraction of sp³-hybridized carbons (Fsp3) is 0.182. The van der Waals surface area contributed by atoms with Crippen LogP contribution in [0, 0.1) is 0 Å². The summed E-state index contributed by atoms with van der Waals surface area (Å²) >= 11 is 3.26. The lowest BCUT2D eigenvalue weighted by Crippen LogP contribution is -2.01. The van der Waals surface area contributed by atoms with Gasteiger partial charge in [-0.15, -0.1) is 0 Å². The number of rotatable bonds is 3. The summed E-state index contributed by atoms with van der Waals surface area (Å²) in [5.74, 6) is -0.694. The number of carboxylic acids is 1. The maximum absolute atomic E-state index is 11.2. The first-order valence-electron chi connectivity index (χ1n) is 4.97. The molecule has 0 aromatic carbocycles. The van der Waals surface area contributed by atoms with Gasteiger partial charge in [0.25, 0.3) is 0 Å². The molecule has 0 atom stereocenters. The van der Waals surface area contributed by atoms with E-state index in [4.69, 9.17) is 9.63 Å². The number of carboxylic acid groups (broad SMARTS) is 1. The first kappa shape index (κ1) is 11.8. The SMILES string of the molecule is CCc1onc(-c2ccc(Br)cn2)c1C(=O)O. The van der Waals surface area contributed by atoms with Gasteiger partial charge in [0.05, 0.1) is 5.69 Å². The highest BCUT2D eigenvalue weighted by atomic mass is 79.9. The number of hydrogen-bond donors (Lipinski definition) is 1. The van der Waals surface area contributed by atoms with Crippen molar-refractivity contribution in [2.45, 2.75) is 13.3 Å². The Kier molecular flexibility index (Phi) is 3.23. The Labute approximate surface area is 106 Å². The van der Waals surface area contributed by atoms with E-state index in [1.807, 2.05) is 6.92 Å². The largest absolute Gasteiger partial charge is 0.477 e. The third kappa shape index (κ3) is 2.21. The third-order valence-electron chi connectivity index (χ3n) is 2.27. The van der Waals surface area contributed by atoms with E-state index in [2.05, 4.69) is 26.1 Å². The molecule has 2 aromatic heterocycles. The van der Waals surface area contributed by atoms with Crippen LogP contribution in [-0.4, -0.2) is 21.2 Å². The molecule has 17 heavy (non-hydrogen) atoms. The maximum atomic E-state index is 11.2. The highest BCUT2D eigenvalue weighted by Crippen LogP contribution is 2.25. The van der Waals surface area contributed by atoms with Crippen LogP contribution in [-0.2, 0) is 6.42 Å². The molecule has 2 rings (SSSR count). The van der Waals surface area contributed by atoms with Gasteiger partial charge in [-0.2, -0.15) is 0 Å². The normalized spacial score (nSPS) is 10.5. The van der Waals surface area contributed by atoms with Crippen molar-refractivity contribution in [1.82, 2.24) is 10.1 Å². The lowest BCUT2D eigenvalue weighted by atomic mass is 10.1. The second kappa shape index (κ2) is 4.67. The molecule has 88 valence electrons. The molecular weight excluding hydrogens is 288 g/mol. The fourth-order valence-electron chi connectivity index (χ4n) is 1.48. The lowest BCUT2D eigenvalue weighted by molar-refractivity contribution is 0.0695. The summed E-state index contributed by atoms with van der Waals surface area (Å²) in [5, 5.41) is 12.9. The molecule has 0 spiro atoms. The molecule has 0 aliphatic heterocycles. The molecule has 0 bridgehead atoms. The number of pyridine rings is 1. The fourth-order valence-corrected chi connectivity index (χ4v) is 1.71. The van der Waals surface area contributed by atoms with Crippen molar-refractivity contribution in [3.05, 3.63) is 34.1 Å². The highest BCUT2D eigenvalue weighted by Gasteiger charge is 2.22. The van der Waals surface area contributed by atoms with Crippen LogP contribution in [0.25, 0.3) is 11.4 Å². The molecule has 0 fully saturated rings. The minimum atomic E-state index is -1.05. The molecule has 0 radical (unpaired) electrons. The van der Waals surface area contributed by atoms with Crippen LogP contribution >= 0.6 is 15.9 Å². The molecule has 0 aliphatic carbocycles. The Morgan fingerprint density at radius 1 is 1.53 bits per heavy atom. The van der Waals surface area contributed by atoms with Crippen LogP contribution < -0.4 is 0 Å². The van der Waals surface area contributed by atoms with E-state index in [1.165, 1.54) is 0 Å². The second-order valence-corrected chi connectivity index (χ2v) is 4.27. The van der Waals surface area contributed by atoms with Gasteiger partial charge >= 0.3 is 5.97 Å². The van der Waals surface area contributed by atoms with Crippen molar-refractivity contribution >= 4 is 21.9 Å². The second-order valence-electron chi connectivity index (χ2n) is 3.35. The average molecular weight is 297 g/mol. The van der Waals surface area contributed by atoms with Gasteiger partial charge in [-0.25, -0.2) is 4.79 Å². The van der Waals surface area contributed by atoms with Crippen molar-refractivity contribution in [3.8, 4) is 11.4 Å². The quantitative estimate of drug-likeness (QED) is 0.942. The molecular formula is C11H9BrN2O3. The van der Waals surface area contributed by atoms with Crippen molar-refractivity contribution in [3.63, 3.8) is 0 Å². The number of aryl methyl sites for hydroxylation is 1. The Hall–Kier alpha value is -1.69. The van der Waals surface area contributed by atoms with Crippen LogP contribution in [0.15, 0.2) is 27.3 Å². The lowest BCUT2D eigenvalue weighted by Gasteiger charge is -1.97. The zero-order valence-corrected chi connectivity index (χ0v) is 10.6. The van der Waals surface area contributed by atoms with Gasteiger partial charge in [0.2, 0.25) is 0 Å². The topological polar surface area (TPSA) is 76.2 Å². The monoisotopic (exact) mass is 296 g/mol. The Bertz CT molecular complexity index is 548. The first-order chi connectivity index (χ1) is 8.13. The zero-order valence-electron chi connectivity index (χ0n) is 8.98. The van der Waals surface area contributed by atoms with Gasteiger partial charge in [0, 0.05) is 17.1 Å². The maximum Gasteiger partial charge on any atom is 0.341 e. The van der Waals surface area contributed by atoms with Crippen LogP contribution in [0.5, 0.6) is 0 Å². The van der Waals surface area contributed by atoms with E-state index in [1.54, 1.807) is 18.3 Å². The molecule has 6 heteroatoms. The standard InChI is InChI=1S/C11H9BrN2O3/c1-2-8-9(11(15)16)10(14-17-8)7-4-3-6(12)5-13-7/h3-5H,2H2,1H3,(H,15,16). The number of aromatic carboxylic acids is 1. The smallest absolute Gasteiger partial charge is 0.341 e. The predicted molar refractivity (Wildman–Crippen MR) is 63.8 cm³/mol.